The van der Waals surface area contributed by atoms with Gasteiger partial charge in [-0.15, -0.1) is 0 Å². The predicted octanol–water partition coefficient (Wildman–Crippen LogP) is 4.38. The van der Waals surface area contributed by atoms with Crippen LogP contribution in [0.5, 0.6) is 0 Å². The van der Waals surface area contributed by atoms with Crippen molar-refractivity contribution >= 4 is 16.5 Å². The summed E-state index contributed by atoms with van der Waals surface area (Å²) < 4.78 is 0. The van der Waals surface area contributed by atoms with E-state index in [1.165, 1.54) is 35.0 Å². The first-order valence-corrected chi connectivity index (χ1v) is 9.29. The molecular formula is C17H31N3S. The van der Waals surface area contributed by atoms with Crippen LogP contribution in [-0.2, 0) is 6.42 Å². The predicted molar refractivity (Wildman–Crippen MR) is 93.1 cm³/mol. The molecule has 0 radical (unpaired) electrons. The van der Waals surface area contributed by atoms with Crippen LogP contribution >= 0.6 is 11.3 Å². The number of rotatable bonds is 7. The van der Waals surface area contributed by atoms with Crippen molar-refractivity contribution in [3.63, 3.8) is 0 Å². The molecule has 0 bridgehead atoms. The van der Waals surface area contributed by atoms with Gasteiger partial charge in [0.1, 0.15) is 0 Å². The quantitative estimate of drug-likeness (QED) is 0.813. The molecule has 1 heterocycles. The highest BCUT2D eigenvalue weighted by Crippen LogP contribution is 2.36. The average Bonchev–Trinajstić information content (AvgIpc) is 2.83. The lowest BCUT2D eigenvalue weighted by Gasteiger charge is -2.23. The molecule has 3 nitrogen and oxygen atoms in total. The molecule has 0 amide bonds. The zero-order valence-corrected chi connectivity index (χ0v) is 14.9. The van der Waals surface area contributed by atoms with Crippen LogP contribution in [0.4, 0.5) is 5.13 Å². The van der Waals surface area contributed by atoms with E-state index in [0.717, 1.165) is 37.8 Å². The van der Waals surface area contributed by atoms with Crippen LogP contribution in [0.15, 0.2) is 0 Å². The van der Waals surface area contributed by atoms with E-state index in [1.807, 2.05) is 11.3 Å². The van der Waals surface area contributed by atoms with Gasteiger partial charge in [-0.2, -0.15) is 0 Å². The van der Waals surface area contributed by atoms with Crippen molar-refractivity contribution in [1.29, 1.82) is 0 Å². The second-order valence-electron chi connectivity index (χ2n) is 7.16. The Labute approximate surface area is 133 Å². The third kappa shape index (κ3) is 4.68. The van der Waals surface area contributed by atoms with Crippen molar-refractivity contribution < 1.29 is 0 Å². The Morgan fingerprint density at radius 1 is 1.19 bits per heavy atom. The van der Waals surface area contributed by atoms with E-state index < -0.39 is 0 Å². The number of fused-ring (bicyclic) bond motifs is 1. The molecule has 120 valence electrons. The highest BCUT2D eigenvalue weighted by Gasteiger charge is 2.23. The minimum absolute atomic E-state index is 0.219. The molecule has 21 heavy (non-hydrogen) atoms. The topological polar surface area (TPSA) is 42.2 Å². The van der Waals surface area contributed by atoms with Gasteiger partial charge in [-0.1, -0.05) is 39.0 Å². The molecule has 0 aliphatic heterocycles. The maximum atomic E-state index is 6.26. The standard InChI is InChI=1S/C17H31N3S/c1-12(2)8-10-20(11-9-13(3)4)17-19-15-7-5-6-14(18)16(15)21-17/h12-14H,5-11,18H2,1-4H3. The maximum Gasteiger partial charge on any atom is 0.185 e. The van der Waals surface area contributed by atoms with E-state index in [1.54, 1.807) is 0 Å². The Kier molecular flexibility index (Phi) is 6.06. The second kappa shape index (κ2) is 7.59. The summed E-state index contributed by atoms with van der Waals surface area (Å²) in [6.45, 7) is 11.4. The second-order valence-corrected chi connectivity index (χ2v) is 8.17. The Bertz CT molecular complexity index is 427. The van der Waals surface area contributed by atoms with Crippen molar-refractivity contribution in [2.45, 2.75) is 65.8 Å². The molecule has 1 aliphatic rings. The Morgan fingerprint density at radius 2 is 1.81 bits per heavy atom. The first-order chi connectivity index (χ1) is 9.97. The molecule has 0 saturated heterocycles. The fourth-order valence-electron chi connectivity index (χ4n) is 2.71. The highest BCUT2D eigenvalue weighted by molar-refractivity contribution is 7.15. The zero-order chi connectivity index (χ0) is 15.4. The Balaban J connectivity index is 2.11. The van der Waals surface area contributed by atoms with Crippen LogP contribution in [0.25, 0.3) is 0 Å². The lowest BCUT2D eigenvalue weighted by atomic mass is 9.99. The molecule has 0 fully saturated rings. The minimum Gasteiger partial charge on any atom is -0.348 e. The van der Waals surface area contributed by atoms with Gasteiger partial charge < -0.3 is 10.6 Å². The van der Waals surface area contributed by atoms with Crippen molar-refractivity contribution in [3.05, 3.63) is 10.6 Å². The van der Waals surface area contributed by atoms with E-state index in [4.69, 9.17) is 10.7 Å². The summed E-state index contributed by atoms with van der Waals surface area (Å²) in [7, 11) is 0. The summed E-state index contributed by atoms with van der Waals surface area (Å²) in [5.74, 6) is 1.48. The van der Waals surface area contributed by atoms with Gasteiger partial charge in [0.25, 0.3) is 0 Å². The van der Waals surface area contributed by atoms with Crippen LogP contribution in [-0.4, -0.2) is 18.1 Å². The molecule has 1 unspecified atom stereocenters. The van der Waals surface area contributed by atoms with Crippen LogP contribution in [0.3, 0.4) is 0 Å². The maximum absolute atomic E-state index is 6.26. The summed E-state index contributed by atoms with van der Waals surface area (Å²) in [5, 5.41) is 1.21. The number of hydrogen-bond acceptors (Lipinski definition) is 4. The van der Waals surface area contributed by atoms with Gasteiger partial charge in [0.15, 0.2) is 5.13 Å². The molecule has 0 aromatic carbocycles. The summed E-state index contributed by atoms with van der Waals surface area (Å²) in [6.07, 6.45) is 5.88. The van der Waals surface area contributed by atoms with E-state index in [2.05, 4.69) is 32.6 Å². The molecule has 2 N–H and O–H groups in total. The molecule has 1 aliphatic carbocycles. The third-order valence-corrected chi connectivity index (χ3v) is 5.50. The van der Waals surface area contributed by atoms with Gasteiger partial charge in [0, 0.05) is 24.0 Å². The highest BCUT2D eigenvalue weighted by atomic mass is 32.1. The zero-order valence-electron chi connectivity index (χ0n) is 14.1. The average molecular weight is 310 g/mol. The lowest BCUT2D eigenvalue weighted by Crippen LogP contribution is -2.27. The van der Waals surface area contributed by atoms with Gasteiger partial charge >= 0.3 is 0 Å². The molecule has 1 aromatic rings. The molecule has 0 saturated carbocycles. The number of nitrogens with two attached hydrogens (primary N) is 1. The summed E-state index contributed by atoms with van der Waals surface area (Å²) in [5.41, 5.74) is 7.53. The number of hydrogen-bond donors (Lipinski definition) is 1. The molecule has 4 heteroatoms. The Morgan fingerprint density at radius 3 is 2.33 bits per heavy atom. The van der Waals surface area contributed by atoms with Crippen LogP contribution < -0.4 is 10.6 Å². The molecular weight excluding hydrogens is 278 g/mol. The number of anilines is 1. The van der Waals surface area contributed by atoms with Crippen molar-refractivity contribution in [3.8, 4) is 0 Å². The third-order valence-electron chi connectivity index (χ3n) is 4.21. The normalized spacial score (nSPS) is 18.3. The largest absolute Gasteiger partial charge is 0.348 e. The summed E-state index contributed by atoms with van der Waals surface area (Å²) in [6, 6.07) is 0.219. The van der Waals surface area contributed by atoms with Gasteiger partial charge in [-0.3, -0.25) is 0 Å². The van der Waals surface area contributed by atoms with Crippen LogP contribution in [0.2, 0.25) is 0 Å². The molecule has 1 aromatic heterocycles. The minimum atomic E-state index is 0.219. The monoisotopic (exact) mass is 309 g/mol. The number of nitrogens with zero attached hydrogens (tertiary/aromatic N) is 2. The van der Waals surface area contributed by atoms with E-state index in [-0.39, 0.29) is 6.04 Å². The SMILES string of the molecule is CC(C)CCN(CCC(C)C)c1nc2c(s1)C(N)CCC2. The van der Waals surface area contributed by atoms with Crippen molar-refractivity contribution in [2.75, 3.05) is 18.0 Å². The van der Waals surface area contributed by atoms with E-state index >= 15 is 0 Å². The molecule has 1 atom stereocenters. The van der Waals surface area contributed by atoms with Crippen molar-refractivity contribution in [2.24, 2.45) is 17.6 Å². The lowest BCUT2D eigenvalue weighted by molar-refractivity contribution is 0.534. The fourth-order valence-corrected chi connectivity index (χ4v) is 3.91. The van der Waals surface area contributed by atoms with Gasteiger partial charge in [0.05, 0.1) is 5.69 Å². The van der Waals surface area contributed by atoms with Gasteiger partial charge in [-0.05, 0) is 43.9 Å². The first kappa shape index (κ1) is 16.8. The smallest absolute Gasteiger partial charge is 0.185 e. The number of aryl methyl sites for hydroxylation is 1. The van der Waals surface area contributed by atoms with E-state index in [9.17, 15) is 0 Å². The molecule has 0 spiro atoms. The fraction of sp³-hybridized carbons (Fsp3) is 0.824. The molecule has 2 rings (SSSR count). The van der Waals surface area contributed by atoms with Gasteiger partial charge in [0.2, 0.25) is 0 Å². The Hall–Kier alpha value is -0.610. The van der Waals surface area contributed by atoms with E-state index in [0.29, 0.717) is 0 Å². The number of thiazole rings is 1. The van der Waals surface area contributed by atoms with Gasteiger partial charge in [-0.25, -0.2) is 4.98 Å². The summed E-state index contributed by atoms with van der Waals surface area (Å²) in [4.78, 5) is 8.76. The number of aromatic nitrogens is 1. The van der Waals surface area contributed by atoms with Crippen LogP contribution in [0.1, 0.15) is 70.0 Å². The first-order valence-electron chi connectivity index (χ1n) is 8.47. The van der Waals surface area contributed by atoms with Crippen LogP contribution in [0, 0.1) is 11.8 Å². The van der Waals surface area contributed by atoms with Crippen molar-refractivity contribution in [1.82, 2.24) is 4.98 Å². The summed E-state index contributed by atoms with van der Waals surface area (Å²) >= 11 is 1.84.